The fourth-order valence-corrected chi connectivity index (χ4v) is 4.41. The Morgan fingerprint density at radius 2 is 1.76 bits per heavy atom. The number of anilines is 1. The van der Waals surface area contributed by atoms with Gasteiger partial charge in [-0.15, -0.1) is 0 Å². The number of piperazine rings is 1. The van der Waals surface area contributed by atoms with E-state index in [-0.39, 0.29) is 0 Å². The number of piperidine rings is 1. The predicted octanol–water partition coefficient (Wildman–Crippen LogP) is 0.137. The molecule has 9 heteroatoms. The van der Waals surface area contributed by atoms with Gasteiger partial charge < -0.3 is 4.90 Å². The maximum atomic E-state index is 11.4. The lowest BCUT2D eigenvalue weighted by atomic mass is 10.0. The molecule has 2 saturated heterocycles. The van der Waals surface area contributed by atoms with E-state index in [4.69, 9.17) is 5.14 Å². The van der Waals surface area contributed by atoms with E-state index in [1.54, 1.807) is 0 Å². The molecule has 3 rings (SSSR count). The third-order valence-electron chi connectivity index (χ3n) is 5.18. The van der Waals surface area contributed by atoms with E-state index in [0.29, 0.717) is 19.1 Å². The van der Waals surface area contributed by atoms with Crippen molar-refractivity contribution in [2.75, 3.05) is 44.2 Å². The topological polar surface area (TPSA) is 95.7 Å². The van der Waals surface area contributed by atoms with Crippen LogP contribution in [-0.4, -0.2) is 72.9 Å². The minimum Gasteiger partial charge on any atom is -0.356 e. The van der Waals surface area contributed by atoms with E-state index >= 15 is 0 Å². The monoisotopic (exact) mass is 368 g/mol. The molecule has 2 aliphatic heterocycles. The van der Waals surface area contributed by atoms with Crippen LogP contribution in [0.25, 0.3) is 0 Å². The molecule has 0 radical (unpaired) electrons. The zero-order valence-corrected chi connectivity index (χ0v) is 15.9. The van der Waals surface area contributed by atoms with E-state index < -0.39 is 10.2 Å². The molecule has 0 spiro atoms. The van der Waals surface area contributed by atoms with Crippen LogP contribution in [0.5, 0.6) is 0 Å². The van der Waals surface area contributed by atoms with Crippen LogP contribution in [0.15, 0.2) is 6.07 Å². The average Bonchev–Trinajstić information content (AvgIpc) is 2.60. The van der Waals surface area contributed by atoms with Gasteiger partial charge in [0.05, 0.1) is 0 Å². The van der Waals surface area contributed by atoms with Crippen LogP contribution in [0.4, 0.5) is 5.82 Å². The number of nitrogens with two attached hydrogens (primary N) is 1. The molecule has 2 N–H and O–H groups in total. The van der Waals surface area contributed by atoms with Gasteiger partial charge in [0.25, 0.3) is 10.2 Å². The maximum absolute atomic E-state index is 11.4. The van der Waals surface area contributed by atoms with Crippen LogP contribution in [-0.2, 0) is 16.6 Å². The summed E-state index contributed by atoms with van der Waals surface area (Å²) in [6, 6.07) is 2.60. The molecule has 3 heterocycles. The predicted molar refractivity (Wildman–Crippen MR) is 97.6 cm³/mol. The van der Waals surface area contributed by atoms with Crippen LogP contribution in [0.1, 0.15) is 31.3 Å². The molecule has 2 aliphatic rings. The summed E-state index contributed by atoms with van der Waals surface area (Å²) in [4.78, 5) is 13.8. The third kappa shape index (κ3) is 4.46. The first kappa shape index (κ1) is 18.5. The summed E-state index contributed by atoms with van der Waals surface area (Å²) in [5, 5.41) is 5.21. The number of hydrogen-bond acceptors (Lipinski definition) is 6. The van der Waals surface area contributed by atoms with E-state index in [1.807, 2.05) is 6.92 Å². The van der Waals surface area contributed by atoms with Gasteiger partial charge in [-0.1, -0.05) is 6.92 Å². The fourth-order valence-electron chi connectivity index (χ4n) is 3.74. The standard InChI is InChI=1S/C16H28N6O2S/c1-3-14-12-16(19-13(2)18-14)21-6-4-15(5-7-21)20-8-10-22(11-9-20)25(17,23)24/h12,15H,3-11H2,1-2H3,(H2,17,23,24). The molecule has 0 aromatic carbocycles. The number of aromatic nitrogens is 2. The fraction of sp³-hybridized carbons (Fsp3) is 0.750. The Balaban J connectivity index is 1.55. The Labute approximate surface area is 150 Å². The Kier molecular flexibility index (Phi) is 5.57. The van der Waals surface area contributed by atoms with Gasteiger partial charge in [0.2, 0.25) is 0 Å². The van der Waals surface area contributed by atoms with Gasteiger partial charge in [-0.2, -0.15) is 12.7 Å². The first-order valence-corrected chi connectivity index (χ1v) is 10.5. The molecular formula is C16H28N6O2S. The third-order valence-corrected chi connectivity index (χ3v) is 6.26. The molecule has 25 heavy (non-hydrogen) atoms. The molecular weight excluding hydrogens is 340 g/mol. The van der Waals surface area contributed by atoms with E-state index in [9.17, 15) is 8.42 Å². The highest BCUT2D eigenvalue weighted by Crippen LogP contribution is 2.23. The van der Waals surface area contributed by atoms with Crippen molar-refractivity contribution in [1.82, 2.24) is 19.2 Å². The Morgan fingerprint density at radius 3 is 2.32 bits per heavy atom. The molecule has 0 atom stereocenters. The van der Waals surface area contributed by atoms with Gasteiger partial charge in [-0.3, -0.25) is 4.90 Å². The lowest BCUT2D eigenvalue weighted by molar-refractivity contribution is 0.119. The van der Waals surface area contributed by atoms with Crippen LogP contribution in [0.2, 0.25) is 0 Å². The molecule has 0 amide bonds. The first-order valence-electron chi connectivity index (χ1n) is 8.98. The van der Waals surface area contributed by atoms with Gasteiger partial charge in [0.15, 0.2) is 0 Å². The zero-order valence-electron chi connectivity index (χ0n) is 15.1. The summed E-state index contributed by atoms with van der Waals surface area (Å²) in [6.45, 7) is 8.49. The highest BCUT2D eigenvalue weighted by Gasteiger charge is 2.30. The van der Waals surface area contributed by atoms with Crippen molar-refractivity contribution in [1.29, 1.82) is 0 Å². The normalized spacial score (nSPS) is 21.6. The lowest BCUT2D eigenvalue weighted by Crippen LogP contribution is -2.55. The van der Waals surface area contributed by atoms with Crippen LogP contribution < -0.4 is 10.0 Å². The van der Waals surface area contributed by atoms with Crippen molar-refractivity contribution < 1.29 is 8.42 Å². The molecule has 8 nitrogen and oxygen atoms in total. The molecule has 0 saturated carbocycles. The highest BCUT2D eigenvalue weighted by molar-refractivity contribution is 7.86. The minimum atomic E-state index is -3.55. The zero-order chi connectivity index (χ0) is 18.0. The second kappa shape index (κ2) is 7.53. The number of hydrogen-bond donors (Lipinski definition) is 1. The van der Waals surface area contributed by atoms with Crippen molar-refractivity contribution in [2.24, 2.45) is 5.14 Å². The number of nitrogens with zero attached hydrogens (tertiary/aromatic N) is 5. The van der Waals surface area contributed by atoms with Crippen molar-refractivity contribution in [3.8, 4) is 0 Å². The van der Waals surface area contributed by atoms with Crippen molar-refractivity contribution >= 4 is 16.0 Å². The molecule has 0 bridgehead atoms. The number of aryl methyl sites for hydroxylation is 2. The molecule has 1 aromatic rings. The second-order valence-electron chi connectivity index (χ2n) is 6.82. The summed E-state index contributed by atoms with van der Waals surface area (Å²) >= 11 is 0. The Bertz CT molecular complexity index is 695. The summed E-state index contributed by atoms with van der Waals surface area (Å²) < 4.78 is 24.2. The van der Waals surface area contributed by atoms with Gasteiger partial charge in [-0.25, -0.2) is 15.1 Å². The molecule has 0 aliphatic carbocycles. The van der Waals surface area contributed by atoms with Crippen molar-refractivity contribution in [3.63, 3.8) is 0 Å². The Hall–Kier alpha value is -1.29. The smallest absolute Gasteiger partial charge is 0.276 e. The van der Waals surface area contributed by atoms with Gasteiger partial charge >= 0.3 is 0 Å². The van der Waals surface area contributed by atoms with E-state index in [1.165, 1.54) is 4.31 Å². The van der Waals surface area contributed by atoms with Crippen LogP contribution in [0.3, 0.4) is 0 Å². The molecule has 2 fully saturated rings. The second-order valence-corrected chi connectivity index (χ2v) is 8.36. The maximum Gasteiger partial charge on any atom is 0.276 e. The van der Waals surface area contributed by atoms with Crippen molar-refractivity contribution in [2.45, 2.75) is 39.2 Å². The van der Waals surface area contributed by atoms with Gasteiger partial charge in [-0.05, 0) is 26.2 Å². The average molecular weight is 369 g/mol. The summed E-state index contributed by atoms with van der Waals surface area (Å²) in [5.74, 6) is 1.86. The van der Waals surface area contributed by atoms with E-state index in [2.05, 4.69) is 32.8 Å². The van der Waals surface area contributed by atoms with E-state index in [0.717, 1.165) is 62.8 Å². The Morgan fingerprint density at radius 1 is 1.12 bits per heavy atom. The minimum absolute atomic E-state index is 0.490. The molecule has 140 valence electrons. The van der Waals surface area contributed by atoms with Gasteiger partial charge in [0, 0.05) is 57.1 Å². The molecule has 1 aromatic heterocycles. The molecule has 0 unspecified atom stereocenters. The summed E-state index contributed by atoms with van der Waals surface area (Å²) in [5.41, 5.74) is 1.09. The van der Waals surface area contributed by atoms with Crippen LogP contribution in [0, 0.1) is 6.92 Å². The highest BCUT2D eigenvalue weighted by atomic mass is 32.2. The quantitative estimate of drug-likeness (QED) is 0.812. The van der Waals surface area contributed by atoms with Crippen molar-refractivity contribution in [3.05, 3.63) is 17.6 Å². The van der Waals surface area contributed by atoms with Crippen LogP contribution >= 0.6 is 0 Å². The summed E-state index contributed by atoms with van der Waals surface area (Å²) in [6.07, 6.45) is 3.06. The SMILES string of the molecule is CCc1cc(N2CCC(N3CCN(S(N)(=O)=O)CC3)CC2)nc(C)n1. The largest absolute Gasteiger partial charge is 0.356 e. The lowest BCUT2D eigenvalue weighted by Gasteiger charge is -2.42. The first-order chi connectivity index (χ1) is 11.9. The van der Waals surface area contributed by atoms with Gasteiger partial charge in [0.1, 0.15) is 11.6 Å². The number of rotatable bonds is 4. The summed E-state index contributed by atoms with van der Waals surface area (Å²) in [7, 11) is -3.55.